The second kappa shape index (κ2) is 2.97. The maximum Gasteiger partial charge on any atom is 0.138 e. The van der Waals surface area contributed by atoms with Gasteiger partial charge in [-0.05, 0) is 47.6 Å². The van der Waals surface area contributed by atoms with Gasteiger partial charge in [0, 0.05) is 0 Å². The molecule has 0 aromatic carbocycles. The first-order chi connectivity index (χ1) is 5.34. The van der Waals surface area contributed by atoms with E-state index in [9.17, 15) is 0 Å². The monoisotopic (exact) mass is 261 g/mol. The fraction of sp³-hybridized carbons (Fsp3) is 0.375. The second-order valence-corrected chi connectivity index (χ2v) is 3.74. The van der Waals surface area contributed by atoms with Gasteiger partial charge in [0.15, 0.2) is 0 Å². The molecule has 1 fully saturated rings. The number of hydrogen-bond acceptors (Lipinski definition) is 2. The molecule has 0 unspecified atom stereocenters. The third-order valence-corrected chi connectivity index (χ3v) is 2.17. The van der Waals surface area contributed by atoms with Gasteiger partial charge >= 0.3 is 0 Å². The number of rotatable bonds is 2. The van der Waals surface area contributed by atoms with Crippen molar-refractivity contribution in [3.63, 3.8) is 0 Å². The van der Waals surface area contributed by atoms with Gasteiger partial charge in [0.25, 0.3) is 0 Å². The van der Waals surface area contributed by atoms with Crippen LogP contribution < -0.4 is 4.74 Å². The molecule has 0 aliphatic heterocycles. The molecular formula is C8H8INO. The minimum atomic E-state index is 0.469. The Morgan fingerprint density at radius 3 is 2.82 bits per heavy atom. The Kier molecular flexibility index (Phi) is 1.98. The van der Waals surface area contributed by atoms with E-state index in [1.165, 1.54) is 12.8 Å². The summed E-state index contributed by atoms with van der Waals surface area (Å²) in [5, 5.41) is 0. The molecule has 1 aliphatic carbocycles. The van der Waals surface area contributed by atoms with Crippen LogP contribution in [0.5, 0.6) is 5.75 Å². The Morgan fingerprint density at radius 2 is 2.27 bits per heavy atom. The highest BCUT2D eigenvalue weighted by Gasteiger charge is 2.23. The molecule has 1 heterocycles. The molecular weight excluding hydrogens is 253 g/mol. The van der Waals surface area contributed by atoms with Crippen LogP contribution in [0, 0.1) is 3.70 Å². The molecule has 0 amide bonds. The second-order valence-electron chi connectivity index (χ2n) is 2.63. The van der Waals surface area contributed by atoms with Gasteiger partial charge < -0.3 is 4.74 Å². The van der Waals surface area contributed by atoms with E-state index in [1.54, 1.807) is 6.20 Å². The fourth-order valence-corrected chi connectivity index (χ4v) is 1.13. The van der Waals surface area contributed by atoms with Crippen molar-refractivity contribution in [3.05, 3.63) is 22.0 Å². The van der Waals surface area contributed by atoms with E-state index in [0.717, 1.165) is 9.45 Å². The van der Waals surface area contributed by atoms with Gasteiger partial charge in [-0.25, -0.2) is 4.98 Å². The van der Waals surface area contributed by atoms with Gasteiger partial charge in [-0.2, -0.15) is 0 Å². The molecule has 2 nitrogen and oxygen atoms in total. The Morgan fingerprint density at radius 1 is 1.45 bits per heavy atom. The SMILES string of the molecule is Ic1ccc(OC2CC2)cn1. The zero-order chi connectivity index (χ0) is 7.68. The van der Waals surface area contributed by atoms with Gasteiger partial charge in [-0.15, -0.1) is 0 Å². The average Bonchev–Trinajstić information content (AvgIpc) is 2.78. The molecule has 58 valence electrons. The number of hydrogen-bond donors (Lipinski definition) is 0. The maximum absolute atomic E-state index is 5.51. The molecule has 0 saturated heterocycles. The lowest BCUT2D eigenvalue weighted by Crippen LogP contribution is -1.96. The molecule has 1 aromatic rings. The van der Waals surface area contributed by atoms with Crippen molar-refractivity contribution < 1.29 is 4.74 Å². The Bertz CT molecular complexity index is 243. The van der Waals surface area contributed by atoms with Crippen molar-refractivity contribution >= 4 is 22.6 Å². The molecule has 0 N–H and O–H groups in total. The molecule has 0 atom stereocenters. The van der Waals surface area contributed by atoms with Crippen LogP contribution in [-0.4, -0.2) is 11.1 Å². The number of nitrogens with zero attached hydrogens (tertiary/aromatic N) is 1. The van der Waals surface area contributed by atoms with Crippen LogP contribution in [0.3, 0.4) is 0 Å². The lowest BCUT2D eigenvalue weighted by molar-refractivity contribution is 0.302. The molecule has 1 saturated carbocycles. The van der Waals surface area contributed by atoms with Gasteiger partial charge in [0.05, 0.1) is 12.3 Å². The summed E-state index contributed by atoms with van der Waals surface area (Å²) in [6, 6.07) is 3.92. The number of halogens is 1. The van der Waals surface area contributed by atoms with E-state index in [0.29, 0.717) is 6.10 Å². The summed E-state index contributed by atoms with van der Waals surface area (Å²) < 4.78 is 6.52. The smallest absolute Gasteiger partial charge is 0.138 e. The summed E-state index contributed by atoms with van der Waals surface area (Å²) in [4.78, 5) is 4.12. The topological polar surface area (TPSA) is 22.1 Å². The minimum absolute atomic E-state index is 0.469. The predicted molar refractivity (Wildman–Crippen MR) is 50.6 cm³/mol. The lowest BCUT2D eigenvalue weighted by atomic mass is 10.5. The van der Waals surface area contributed by atoms with Crippen molar-refractivity contribution in [1.29, 1.82) is 0 Å². The van der Waals surface area contributed by atoms with Crippen LogP contribution in [-0.2, 0) is 0 Å². The van der Waals surface area contributed by atoms with Crippen molar-refractivity contribution in [2.45, 2.75) is 18.9 Å². The van der Waals surface area contributed by atoms with Crippen LogP contribution in [0.15, 0.2) is 18.3 Å². The molecule has 3 heteroatoms. The van der Waals surface area contributed by atoms with E-state index in [2.05, 4.69) is 27.6 Å². The summed E-state index contributed by atoms with van der Waals surface area (Å²) in [6.45, 7) is 0. The molecule has 2 rings (SSSR count). The standard InChI is InChI=1S/C8H8INO/c9-8-4-3-7(5-10-8)11-6-1-2-6/h3-6H,1-2H2. The summed E-state index contributed by atoms with van der Waals surface area (Å²) in [5.41, 5.74) is 0. The summed E-state index contributed by atoms with van der Waals surface area (Å²) in [7, 11) is 0. The number of aromatic nitrogens is 1. The Hall–Kier alpha value is -0.320. The normalized spacial score (nSPS) is 16.5. The summed E-state index contributed by atoms with van der Waals surface area (Å²) >= 11 is 2.18. The summed E-state index contributed by atoms with van der Waals surface area (Å²) in [6.07, 6.45) is 4.65. The van der Waals surface area contributed by atoms with Crippen LogP contribution in [0.25, 0.3) is 0 Å². The third kappa shape index (κ3) is 2.05. The molecule has 0 bridgehead atoms. The van der Waals surface area contributed by atoms with Crippen LogP contribution >= 0.6 is 22.6 Å². The van der Waals surface area contributed by atoms with Gasteiger partial charge in [0.2, 0.25) is 0 Å². The zero-order valence-corrected chi connectivity index (χ0v) is 8.11. The third-order valence-electron chi connectivity index (χ3n) is 1.53. The van der Waals surface area contributed by atoms with E-state index in [1.807, 2.05) is 12.1 Å². The van der Waals surface area contributed by atoms with E-state index in [-0.39, 0.29) is 0 Å². The highest BCUT2D eigenvalue weighted by molar-refractivity contribution is 14.1. The molecule has 0 spiro atoms. The molecule has 11 heavy (non-hydrogen) atoms. The van der Waals surface area contributed by atoms with E-state index in [4.69, 9.17) is 4.74 Å². The van der Waals surface area contributed by atoms with Crippen molar-refractivity contribution in [1.82, 2.24) is 4.98 Å². The van der Waals surface area contributed by atoms with E-state index >= 15 is 0 Å². The number of ether oxygens (including phenoxy) is 1. The van der Waals surface area contributed by atoms with Crippen molar-refractivity contribution in [2.75, 3.05) is 0 Å². The fourth-order valence-electron chi connectivity index (χ4n) is 0.810. The van der Waals surface area contributed by atoms with Gasteiger partial charge in [-0.3, -0.25) is 0 Å². The zero-order valence-electron chi connectivity index (χ0n) is 5.96. The molecule has 1 aromatic heterocycles. The largest absolute Gasteiger partial charge is 0.489 e. The van der Waals surface area contributed by atoms with Gasteiger partial charge in [0.1, 0.15) is 9.45 Å². The van der Waals surface area contributed by atoms with E-state index < -0.39 is 0 Å². The van der Waals surface area contributed by atoms with Crippen LogP contribution in [0.2, 0.25) is 0 Å². The Balaban J connectivity index is 2.06. The van der Waals surface area contributed by atoms with Gasteiger partial charge in [-0.1, -0.05) is 0 Å². The van der Waals surface area contributed by atoms with Crippen LogP contribution in [0.1, 0.15) is 12.8 Å². The lowest BCUT2D eigenvalue weighted by Gasteiger charge is -2.01. The highest BCUT2D eigenvalue weighted by Crippen LogP contribution is 2.26. The maximum atomic E-state index is 5.51. The highest BCUT2D eigenvalue weighted by atomic mass is 127. The molecule has 1 aliphatic rings. The summed E-state index contributed by atoms with van der Waals surface area (Å²) in [5.74, 6) is 0.896. The predicted octanol–water partition coefficient (Wildman–Crippen LogP) is 2.23. The van der Waals surface area contributed by atoms with Crippen molar-refractivity contribution in [3.8, 4) is 5.75 Å². The first kappa shape index (κ1) is 7.34. The first-order valence-corrected chi connectivity index (χ1v) is 4.71. The number of pyridine rings is 1. The first-order valence-electron chi connectivity index (χ1n) is 3.63. The van der Waals surface area contributed by atoms with Crippen LogP contribution in [0.4, 0.5) is 0 Å². The average molecular weight is 261 g/mol. The molecule has 0 radical (unpaired) electrons. The minimum Gasteiger partial charge on any atom is -0.489 e. The van der Waals surface area contributed by atoms with Crippen molar-refractivity contribution in [2.24, 2.45) is 0 Å². The quantitative estimate of drug-likeness (QED) is 0.601. The Labute approximate surface area is 79.1 Å².